The van der Waals surface area contributed by atoms with E-state index in [4.69, 9.17) is 32.9 Å². The molecule has 25 heavy (non-hydrogen) atoms. The van der Waals surface area contributed by atoms with Crippen LogP contribution in [0, 0.1) is 6.92 Å². The topological polar surface area (TPSA) is 34.1 Å². The Morgan fingerprint density at radius 1 is 1.16 bits per heavy atom. The third kappa shape index (κ3) is 3.10. The van der Waals surface area contributed by atoms with Crippen LogP contribution in [-0.2, 0) is 12.8 Å². The SMILES string of the molecule is COc1cc2c(cc1C)-c1nc(Nc3ccc(Cl)cc3Cl)sc1CC2. The Kier molecular flexibility index (Phi) is 4.36. The number of aromatic nitrogens is 1. The largest absolute Gasteiger partial charge is 0.496 e. The van der Waals surface area contributed by atoms with E-state index in [9.17, 15) is 0 Å². The van der Waals surface area contributed by atoms with Gasteiger partial charge in [0.25, 0.3) is 0 Å². The fraction of sp³-hybridized carbons (Fsp3) is 0.211. The van der Waals surface area contributed by atoms with Crippen molar-refractivity contribution >= 4 is 45.4 Å². The minimum absolute atomic E-state index is 0.585. The Balaban J connectivity index is 1.71. The summed E-state index contributed by atoms with van der Waals surface area (Å²) >= 11 is 13.9. The number of benzene rings is 2. The molecule has 0 saturated heterocycles. The highest BCUT2D eigenvalue weighted by Crippen LogP contribution is 2.41. The van der Waals surface area contributed by atoms with E-state index in [0.717, 1.165) is 40.7 Å². The molecule has 3 aromatic rings. The van der Waals surface area contributed by atoms with Crippen molar-refractivity contribution in [3.8, 4) is 17.0 Å². The number of ether oxygens (including phenoxy) is 1. The monoisotopic (exact) mass is 390 g/mol. The molecule has 1 aliphatic carbocycles. The van der Waals surface area contributed by atoms with Gasteiger partial charge in [-0.1, -0.05) is 23.2 Å². The fourth-order valence-corrected chi connectivity index (χ4v) is 4.56. The van der Waals surface area contributed by atoms with E-state index in [1.165, 1.54) is 16.0 Å². The smallest absolute Gasteiger partial charge is 0.188 e. The highest BCUT2D eigenvalue weighted by Gasteiger charge is 2.22. The van der Waals surface area contributed by atoms with Gasteiger partial charge in [0.05, 0.1) is 23.5 Å². The zero-order chi connectivity index (χ0) is 17.6. The van der Waals surface area contributed by atoms with Crippen LogP contribution in [0.5, 0.6) is 5.75 Å². The normalized spacial score (nSPS) is 12.5. The molecule has 0 atom stereocenters. The van der Waals surface area contributed by atoms with Crippen molar-refractivity contribution in [1.82, 2.24) is 4.98 Å². The number of nitrogens with zero attached hydrogens (tertiary/aromatic N) is 1. The Hall–Kier alpha value is -1.75. The van der Waals surface area contributed by atoms with Crippen LogP contribution in [0.1, 0.15) is 16.0 Å². The zero-order valence-corrected chi connectivity index (χ0v) is 16.1. The lowest BCUT2D eigenvalue weighted by Gasteiger charge is -2.17. The second-order valence-corrected chi connectivity index (χ2v) is 7.95. The van der Waals surface area contributed by atoms with Crippen molar-refractivity contribution in [3.63, 3.8) is 0 Å². The van der Waals surface area contributed by atoms with Crippen molar-refractivity contribution in [2.45, 2.75) is 19.8 Å². The quantitative estimate of drug-likeness (QED) is 0.571. The van der Waals surface area contributed by atoms with Crippen molar-refractivity contribution < 1.29 is 4.74 Å². The van der Waals surface area contributed by atoms with Crippen LogP contribution < -0.4 is 10.1 Å². The summed E-state index contributed by atoms with van der Waals surface area (Å²) < 4.78 is 5.45. The first-order chi connectivity index (χ1) is 12.0. The number of halogens is 2. The van der Waals surface area contributed by atoms with Crippen LogP contribution in [0.4, 0.5) is 10.8 Å². The summed E-state index contributed by atoms with van der Waals surface area (Å²) in [5, 5.41) is 5.36. The molecule has 0 aliphatic heterocycles. The van der Waals surface area contributed by atoms with Crippen LogP contribution in [0.2, 0.25) is 10.0 Å². The molecule has 0 amide bonds. The van der Waals surface area contributed by atoms with E-state index in [1.807, 2.05) is 12.1 Å². The summed E-state index contributed by atoms with van der Waals surface area (Å²) in [6.07, 6.45) is 1.99. The molecule has 0 saturated carbocycles. The Morgan fingerprint density at radius 2 is 2.00 bits per heavy atom. The van der Waals surface area contributed by atoms with E-state index in [2.05, 4.69) is 24.4 Å². The van der Waals surface area contributed by atoms with E-state index in [1.54, 1.807) is 24.5 Å². The Morgan fingerprint density at radius 3 is 2.76 bits per heavy atom. The summed E-state index contributed by atoms with van der Waals surface area (Å²) in [5.41, 5.74) is 5.48. The van der Waals surface area contributed by atoms with Gasteiger partial charge in [-0.2, -0.15) is 0 Å². The minimum atomic E-state index is 0.585. The highest BCUT2D eigenvalue weighted by atomic mass is 35.5. The van der Waals surface area contributed by atoms with E-state index >= 15 is 0 Å². The summed E-state index contributed by atoms with van der Waals surface area (Å²) in [6.45, 7) is 2.06. The third-order valence-corrected chi connectivity index (χ3v) is 5.95. The van der Waals surface area contributed by atoms with Crippen molar-refractivity contribution in [3.05, 3.63) is 56.4 Å². The number of fused-ring (bicyclic) bond motifs is 3. The van der Waals surface area contributed by atoms with Crippen LogP contribution in [-0.4, -0.2) is 12.1 Å². The summed E-state index contributed by atoms with van der Waals surface area (Å²) in [4.78, 5) is 6.12. The molecular formula is C19H16Cl2N2OS. The number of hydrogen-bond donors (Lipinski definition) is 1. The van der Waals surface area contributed by atoms with Gasteiger partial charge in [-0.15, -0.1) is 11.3 Å². The van der Waals surface area contributed by atoms with Crippen LogP contribution in [0.15, 0.2) is 30.3 Å². The third-order valence-electron chi connectivity index (χ3n) is 4.37. The molecule has 3 nitrogen and oxygen atoms in total. The molecule has 128 valence electrons. The number of methoxy groups -OCH3 is 1. The Bertz CT molecular complexity index is 968. The summed E-state index contributed by atoms with van der Waals surface area (Å²) in [7, 11) is 1.71. The van der Waals surface area contributed by atoms with E-state index in [0.29, 0.717) is 10.0 Å². The van der Waals surface area contributed by atoms with Gasteiger partial charge in [0.1, 0.15) is 5.75 Å². The molecule has 4 rings (SSSR count). The highest BCUT2D eigenvalue weighted by molar-refractivity contribution is 7.16. The first kappa shape index (κ1) is 16.7. The molecule has 1 N–H and O–H groups in total. The van der Waals surface area contributed by atoms with Gasteiger partial charge >= 0.3 is 0 Å². The maximum atomic E-state index is 6.26. The van der Waals surface area contributed by atoms with Crippen LogP contribution in [0.25, 0.3) is 11.3 Å². The molecule has 0 unspecified atom stereocenters. The predicted octanol–water partition coefficient (Wildman–Crippen LogP) is 6.28. The minimum Gasteiger partial charge on any atom is -0.496 e. The molecule has 1 aliphatic rings. The van der Waals surface area contributed by atoms with Gasteiger partial charge in [0.2, 0.25) is 0 Å². The number of rotatable bonds is 3. The Labute approximate surface area is 160 Å². The van der Waals surface area contributed by atoms with Gasteiger partial charge in [0, 0.05) is 15.5 Å². The van der Waals surface area contributed by atoms with Gasteiger partial charge < -0.3 is 10.1 Å². The molecule has 0 bridgehead atoms. The summed E-state index contributed by atoms with van der Waals surface area (Å²) in [6, 6.07) is 9.72. The average molecular weight is 391 g/mol. The van der Waals surface area contributed by atoms with E-state index < -0.39 is 0 Å². The number of anilines is 2. The van der Waals surface area contributed by atoms with Crippen LogP contribution in [0.3, 0.4) is 0 Å². The van der Waals surface area contributed by atoms with Crippen molar-refractivity contribution in [2.24, 2.45) is 0 Å². The first-order valence-electron chi connectivity index (χ1n) is 7.95. The maximum absolute atomic E-state index is 6.26. The molecule has 0 spiro atoms. The van der Waals surface area contributed by atoms with Crippen molar-refractivity contribution in [2.75, 3.05) is 12.4 Å². The molecule has 1 aromatic heterocycles. The molecule has 2 aromatic carbocycles. The van der Waals surface area contributed by atoms with Gasteiger partial charge in [0.15, 0.2) is 5.13 Å². The lowest BCUT2D eigenvalue weighted by Crippen LogP contribution is -2.03. The van der Waals surface area contributed by atoms with Crippen LogP contribution >= 0.6 is 34.5 Å². The second kappa shape index (κ2) is 6.52. The van der Waals surface area contributed by atoms with Gasteiger partial charge in [-0.05, 0) is 61.2 Å². The predicted molar refractivity (Wildman–Crippen MR) is 106 cm³/mol. The van der Waals surface area contributed by atoms with Crippen molar-refractivity contribution in [1.29, 1.82) is 0 Å². The number of nitrogens with one attached hydrogen (secondary N) is 1. The lowest BCUT2D eigenvalue weighted by molar-refractivity contribution is 0.411. The van der Waals surface area contributed by atoms with Gasteiger partial charge in [-0.25, -0.2) is 4.98 Å². The maximum Gasteiger partial charge on any atom is 0.188 e. The molecular weight excluding hydrogens is 375 g/mol. The number of aryl methyl sites for hydroxylation is 3. The van der Waals surface area contributed by atoms with Gasteiger partial charge in [-0.3, -0.25) is 0 Å². The fourth-order valence-electron chi connectivity index (χ4n) is 3.12. The number of hydrogen-bond acceptors (Lipinski definition) is 4. The average Bonchev–Trinajstić information content (AvgIpc) is 3.00. The lowest BCUT2D eigenvalue weighted by atomic mass is 9.91. The molecule has 6 heteroatoms. The molecule has 1 heterocycles. The zero-order valence-electron chi connectivity index (χ0n) is 13.8. The molecule has 0 fully saturated rings. The van der Waals surface area contributed by atoms with E-state index in [-0.39, 0.29) is 0 Å². The first-order valence-corrected chi connectivity index (χ1v) is 9.52. The standard InChI is InChI=1S/C19H16Cl2N2OS/c1-10-7-13-11(8-16(10)24-2)3-6-17-18(13)23-19(25-17)22-15-5-4-12(20)9-14(15)21/h4-5,7-9H,3,6H2,1-2H3,(H,22,23). The summed E-state index contributed by atoms with van der Waals surface area (Å²) in [5.74, 6) is 0.934. The molecule has 0 radical (unpaired) electrons. The second-order valence-electron chi connectivity index (χ2n) is 6.02. The number of thiazole rings is 1.